The van der Waals surface area contributed by atoms with E-state index < -0.39 is 12.1 Å². The number of carbonyl (C=O) groups excluding carboxylic acids is 4. The second kappa shape index (κ2) is 17.1. The van der Waals surface area contributed by atoms with Crippen molar-refractivity contribution in [3.63, 3.8) is 0 Å². The van der Waals surface area contributed by atoms with E-state index in [9.17, 15) is 19.2 Å². The van der Waals surface area contributed by atoms with Crippen LogP contribution in [0.3, 0.4) is 0 Å². The summed E-state index contributed by atoms with van der Waals surface area (Å²) in [6.07, 6.45) is 7.10. The number of carbonyl (C=O) groups is 4. The van der Waals surface area contributed by atoms with Crippen molar-refractivity contribution in [2.24, 2.45) is 13.0 Å². The number of piperazine rings is 1. The Balaban J connectivity index is 1.19. The van der Waals surface area contributed by atoms with Crippen LogP contribution in [0, 0.1) is 5.92 Å². The van der Waals surface area contributed by atoms with E-state index in [4.69, 9.17) is 4.74 Å². The van der Waals surface area contributed by atoms with Crippen molar-refractivity contribution in [2.45, 2.75) is 70.5 Å². The molecule has 3 N–H and O–H groups in total. The highest BCUT2D eigenvalue weighted by molar-refractivity contribution is 6.00. The molecule has 2 aliphatic rings. The number of rotatable bonds is 13. The molecule has 0 spiro atoms. The van der Waals surface area contributed by atoms with Gasteiger partial charge in [-0.25, -0.2) is 0 Å². The van der Waals surface area contributed by atoms with Crippen LogP contribution in [0.1, 0.15) is 67.1 Å². The largest absolute Gasteiger partial charge is 0.497 e. The average Bonchev–Trinajstić information content (AvgIpc) is 3.57. The summed E-state index contributed by atoms with van der Waals surface area (Å²) in [5, 5.41) is 13.0. The highest BCUT2D eigenvalue weighted by Crippen LogP contribution is 2.28. The fraction of sp³-hybridized carbons (Fsp3) is 0.486. The van der Waals surface area contributed by atoms with Gasteiger partial charge >= 0.3 is 0 Å². The molecule has 49 heavy (non-hydrogen) atoms. The minimum Gasteiger partial charge on any atom is -0.497 e. The molecule has 12 nitrogen and oxygen atoms in total. The van der Waals surface area contributed by atoms with Crippen LogP contribution in [-0.2, 0) is 34.4 Å². The van der Waals surface area contributed by atoms with E-state index in [1.807, 2.05) is 29.2 Å². The second-order valence-corrected chi connectivity index (χ2v) is 13.0. The molecule has 1 saturated heterocycles. The number of benzene rings is 2. The van der Waals surface area contributed by atoms with Crippen molar-refractivity contribution >= 4 is 29.3 Å². The molecule has 1 aliphatic heterocycles. The third kappa shape index (κ3) is 9.69. The van der Waals surface area contributed by atoms with Gasteiger partial charge in [-0.3, -0.25) is 28.8 Å². The monoisotopic (exact) mass is 671 g/mol. The Morgan fingerprint density at radius 1 is 0.878 bits per heavy atom. The number of aryl methyl sites for hydroxylation is 1. The van der Waals surface area contributed by atoms with Gasteiger partial charge in [0.25, 0.3) is 5.91 Å². The topological polar surface area (TPSA) is 138 Å². The molecule has 4 amide bonds. The van der Waals surface area contributed by atoms with Crippen molar-refractivity contribution < 1.29 is 23.9 Å². The molecule has 0 radical (unpaired) electrons. The van der Waals surface area contributed by atoms with Gasteiger partial charge in [0, 0.05) is 64.5 Å². The van der Waals surface area contributed by atoms with E-state index in [0.717, 1.165) is 63.1 Å². The first kappa shape index (κ1) is 35.6. The van der Waals surface area contributed by atoms with Crippen LogP contribution < -0.4 is 20.7 Å². The van der Waals surface area contributed by atoms with Gasteiger partial charge in [0.05, 0.1) is 7.11 Å². The van der Waals surface area contributed by atoms with Gasteiger partial charge in [0.2, 0.25) is 17.7 Å². The molecule has 2 atom stereocenters. The lowest BCUT2D eigenvalue weighted by Crippen LogP contribution is -2.55. The lowest BCUT2D eigenvalue weighted by atomic mass is 9.83. The SMILES string of the molecule is CCC(=O)N[C@H](Cc1ccc(NC(=O)[C@@H](NC(=O)c2ccnn2C)C2CCCCC2)cc1)C(=O)N1CCN(Cc2ccc(OC)cc2)CC1. The maximum atomic E-state index is 13.7. The zero-order chi connectivity index (χ0) is 34.8. The van der Waals surface area contributed by atoms with Crippen LogP contribution in [0.25, 0.3) is 0 Å². The molecule has 2 fully saturated rings. The number of nitrogens with one attached hydrogen (secondary N) is 3. The lowest BCUT2D eigenvalue weighted by molar-refractivity contribution is -0.138. The third-order valence-corrected chi connectivity index (χ3v) is 9.61. The van der Waals surface area contributed by atoms with E-state index in [2.05, 4.69) is 38.1 Å². The quantitative estimate of drug-likeness (QED) is 0.253. The van der Waals surface area contributed by atoms with Crippen LogP contribution in [0.4, 0.5) is 5.69 Å². The first-order valence-electron chi connectivity index (χ1n) is 17.4. The van der Waals surface area contributed by atoms with Crippen molar-refractivity contribution in [1.82, 2.24) is 30.2 Å². The van der Waals surface area contributed by atoms with E-state index in [1.165, 1.54) is 10.2 Å². The molecule has 0 bridgehead atoms. The Morgan fingerprint density at radius 2 is 1.55 bits per heavy atom. The standard InChI is InChI=1S/C37H49N7O5/c1-4-33(45)40-31(37(48)44-22-20-43(21-23-44)25-27-12-16-30(49-3)17-13-27)24-26-10-14-29(15-11-26)39-36(47)34(28-8-6-5-7-9-28)41-35(46)32-18-19-38-42(32)2/h10-19,28,31,34H,4-9,20-25H2,1-3H3,(H,39,47)(H,40,45)(H,41,46)/t31-,34+/m1/s1. The Kier molecular flexibility index (Phi) is 12.4. The van der Waals surface area contributed by atoms with Gasteiger partial charge in [0.15, 0.2) is 0 Å². The molecule has 2 heterocycles. The zero-order valence-electron chi connectivity index (χ0n) is 28.8. The van der Waals surface area contributed by atoms with Crippen LogP contribution in [0.15, 0.2) is 60.8 Å². The molecule has 1 aromatic heterocycles. The molecule has 3 aromatic rings. The normalized spacial score (nSPS) is 16.8. The zero-order valence-corrected chi connectivity index (χ0v) is 28.8. The molecular weight excluding hydrogens is 622 g/mol. The summed E-state index contributed by atoms with van der Waals surface area (Å²) in [4.78, 5) is 56.9. The number of aromatic nitrogens is 2. The Bertz CT molecular complexity index is 1560. The first-order chi connectivity index (χ1) is 23.7. The number of anilines is 1. The van der Waals surface area contributed by atoms with Gasteiger partial charge < -0.3 is 25.6 Å². The summed E-state index contributed by atoms with van der Waals surface area (Å²) in [6.45, 7) is 5.21. The highest BCUT2D eigenvalue weighted by atomic mass is 16.5. The smallest absolute Gasteiger partial charge is 0.270 e. The third-order valence-electron chi connectivity index (χ3n) is 9.61. The van der Waals surface area contributed by atoms with Crippen molar-refractivity contribution in [2.75, 3.05) is 38.6 Å². The fourth-order valence-electron chi connectivity index (χ4n) is 6.69. The van der Waals surface area contributed by atoms with Crippen LogP contribution in [0.2, 0.25) is 0 Å². The number of methoxy groups -OCH3 is 1. The molecule has 262 valence electrons. The van der Waals surface area contributed by atoms with Crippen LogP contribution >= 0.6 is 0 Å². The van der Waals surface area contributed by atoms with Crippen LogP contribution in [-0.4, -0.2) is 88.6 Å². The molecular formula is C37H49N7O5. The molecule has 5 rings (SSSR count). The second-order valence-electron chi connectivity index (χ2n) is 13.0. The van der Waals surface area contributed by atoms with Gasteiger partial charge in [0.1, 0.15) is 23.5 Å². The summed E-state index contributed by atoms with van der Waals surface area (Å²) in [5.74, 6) is 0.00673. The summed E-state index contributed by atoms with van der Waals surface area (Å²) in [5.41, 5.74) is 3.04. The summed E-state index contributed by atoms with van der Waals surface area (Å²) >= 11 is 0. The number of amides is 4. The predicted molar refractivity (Wildman–Crippen MR) is 187 cm³/mol. The minimum atomic E-state index is -0.695. The Morgan fingerprint density at radius 3 is 2.16 bits per heavy atom. The maximum Gasteiger partial charge on any atom is 0.270 e. The van der Waals surface area contributed by atoms with E-state index in [0.29, 0.717) is 30.9 Å². The van der Waals surface area contributed by atoms with Gasteiger partial charge in [-0.2, -0.15) is 5.10 Å². The minimum absolute atomic E-state index is 0.0449. The van der Waals surface area contributed by atoms with Crippen LogP contribution in [0.5, 0.6) is 5.75 Å². The Hall–Kier alpha value is -4.71. The van der Waals surface area contributed by atoms with Gasteiger partial charge in [-0.05, 0) is 60.2 Å². The molecule has 0 unspecified atom stereocenters. The summed E-state index contributed by atoms with van der Waals surface area (Å²) in [7, 11) is 3.35. The Labute approximate surface area is 288 Å². The van der Waals surface area contributed by atoms with Gasteiger partial charge in [-0.1, -0.05) is 50.5 Å². The number of hydrogen-bond donors (Lipinski definition) is 3. The number of hydrogen-bond acceptors (Lipinski definition) is 7. The maximum absolute atomic E-state index is 13.7. The fourth-order valence-corrected chi connectivity index (χ4v) is 6.69. The van der Waals surface area contributed by atoms with E-state index in [1.54, 1.807) is 45.5 Å². The first-order valence-corrected chi connectivity index (χ1v) is 17.4. The molecule has 12 heteroatoms. The van der Waals surface area contributed by atoms with Crippen molar-refractivity contribution in [3.8, 4) is 5.75 Å². The molecule has 2 aromatic carbocycles. The van der Waals surface area contributed by atoms with Gasteiger partial charge in [-0.15, -0.1) is 0 Å². The highest BCUT2D eigenvalue weighted by Gasteiger charge is 2.32. The lowest BCUT2D eigenvalue weighted by Gasteiger charge is -2.36. The van der Waals surface area contributed by atoms with Crippen molar-refractivity contribution in [3.05, 3.63) is 77.6 Å². The van der Waals surface area contributed by atoms with E-state index in [-0.39, 0.29) is 36.0 Å². The number of nitrogens with zero attached hydrogens (tertiary/aromatic N) is 4. The van der Waals surface area contributed by atoms with E-state index >= 15 is 0 Å². The molecule has 1 saturated carbocycles. The van der Waals surface area contributed by atoms with Crippen molar-refractivity contribution in [1.29, 1.82) is 0 Å². The molecule has 1 aliphatic carbocycles. The number of ether oxygens (including phenoxy) is 1. The summed E-state index contributed by atoms with van der Waals surface area (Å²) < 4.78 is 6.75. The predicted octanol–water partition coefficient (Wildman–Crippen LogP) is 3.53. The summed E-state index contributed by atoms with van der Waals surface area (Å²) in [6, 6.07) is 15.6. The average molecular weight is 672 g/mol.